The number of nitrogens with zero attached hydrogens (tertiary/aromatic N) is 2. The zero-order chi connectivity index (χ0) is 26.7. The molecule has 0 fully saturated rings. The van der Waals surface area contributed by atoms with Gasteiger partial charge in [0.2, 0.25) is 5.88 Å². The second-order valence-electron chi connectivity index (χ2n) is 8.79. The van der Waals surface area contributed by atoms with Gasteiger partial charge in [-0.25, -0.2) is 14.7 Å². The summed E-state index contributed by atoms with van der Waals surface area (Å²) in [6.45, 7) is 7.33. The van der Waals surface area contributed by atoms with Crippen molar-refractivity contribution in [3.8, 4) is 22.9 Å². The summed E-state index contributed by atoms with van der Waals surface area (Å²) in [4.78, 5) is 21.8. The van der Waals surface area contributed by atoms with E-state index < -0.39 is 15.9 Å². The van der Waals surface area contributed by atoms with Gasteiger partial charge < -0.3 is 9.84 Å². The molecule has 9 heteroatoms. The number of rotatable bonds is 7. The quantitative estimate of drug-likeness (QED) is 0.340. The second-order valence-corrected chi connectivity index (χ2v) is 10.4. The molecule has 0 aliphatic rings. The maximum atomic E-state index is 13.2. The van der Waals surface area contributed by atoms with E-state index in [9.17, 15) is 18.3 Å². The molecule has 0 aliphatic heterocycles. The molecule has 0 bridgehead atoms. The van der Waals surface area contributed by atoms with E-state index in [2.05, 4.69) is 14.7 Å². The van der Waals surface area contributed by atoms with Crippen LogP contribution in [0.25, 0.3) is 11.3 Å². The predicted molar refractivity (Wildman–Crippen MR) is 144 cm³/mol. The van der Waals surface area contributed by atoms with E-state index in [0.29, 0.717) is 17.1 Å². The topological polar surface area (TPSA) is 118 Å². The van der Waals surface area contributed by atoms with Crippen molar-refractivity contribution < 1.29 is 25.9 Å². The van der Waals surface area contributed by atoms with Gasteiger partial charge in [0.15, 0.2) is 5.03 Å². The normalized spacial score (nSPS) is 11.3. The fourth-order valence-electron chi connectivity index (χ4n) is 3.95. The Kier molecular flexibility index (Phi) is 7.37. The molecule has 0 radical (unpaired) electrons. The summed E-state index contributed by atoms with van der Waals surface area (Å²) < 4.78 is 34.0. The minimum atomic E-state index is -4.23. The third-order valence-electron chi connectivity index (χ3n) is 5.71. The van der Waals surface area contributed by atoms with Gasteiger partial charge in [-0.1, -0.05) is 48.0 Å². The number of nitrogens with one attached hydrogen (secondary N) is 1. The number of benzene rings is 2. The van der Waals surface area contributed by atoms with Crippen molar-refractivity contribution in [3.63, 3.8) is 0 Å². The van der Waals surface area contributed by atoms with Crippen LogP contribution >= 0.6 is 0 Å². The summed E-state index contributed by atoms with van der Waals surface area (Å²) in [5.74, 6) is -0.401. The number of pyridine rings is 2. The summed E-state index contributed by atoms with van der Waals surface area (Å²) in [5, 5.41) is 9.07. The Bertz CT molecular complexity index is 1570. The number of aliphatic hydroxyl groups excluding tert-OH is 1. The first kappa shape index (κ1) is 26.0. The molecule has 4 aromatic rings. The van der Waals surface area contributed by atoms with Crippen molar-refractivity contribution in [2.75, 3.05) is 0 Å². The van der Waals surface area contributed by atoms with Crippen LogP contribution in [0.4, 0.5) is 0 Å². The van der Waals surface area contributed by atoms with E-state index in [0.717, 1.165) is 27.8 Å². The molecular weight excluding hydrogens is 490 g/mol. The van der Waals surface area contributed by atoms with E-state index in [4.69, 9.17) is 4.74 Å². The number of aryl methyl sites for hydroxylation is 4. The van der Waals surface area contributed by atoms with Gasteiger partial charge >= 0.3 is 0 Å². The number of hydrogen-bond donors (Lipinski definition) is 2. The Morgan fingerprint density at radius 3 is 2.24 bits per heavy atom. The highest BCUT2D eigenvalue weighted by atomic mass is 32.2. The van der Waals surface area contributed by atoms with Crippen LogP contribution in [0.1, 0.15) is 41.2 Å². The molecule has 194 valence electrons. The van der Waals surface area contributed by atoms with E-state index in [-0.39, 0.29) is 25.9 Å². The lowest BCUT2D eigenvalue weighted by Crippen LogP contribution is -2.31. The van der Waals surface area contributed by atoms with Gasteiger partial charge in [-0.15, -0.1) is 0 Å². The number of ether oxygens (including phenoxy) is 1. The van der Waals surface area contributed by atoms with Crippen molar-refractivity contribution in [3.05, 3.63) is 100 Å². The minimum absolute atomic E-state index is 0. The summed E-state index contributed by atoms with van der Waals surface area (Å²) in [6, 6.07) is 18.7. The Hall–Kier alpha value is -4.08. The molecule has 2 N–H and O–H groups in total. The average molecular weight is 522 g/mol. The van der Waals surface area contributed by atoms with Crippen molar-refractivity contribution in [1.82, 2.24) is 14.7 Å². The fraction of sp³-hybridized carbons (Fsp3) is 0.179. The maximum absolute atomic E-state index is 13.2. The minimum Gasteiger partial charge on any atom is -0.438 e. The van der Waals surface area contributed by atoms with Crippen LogP contribution in [0, 0.1) is 27.7 Å². The molecule has 37 heavy (non-hydrogen) atoms. The molecule has 0 atom stereocenters. The number of aromatic nitrogens is 2. The molecule has 2 heterocycles. The predicted octanol–water partition coefficient (Wildman–Crippen LogP) is 5.27. The van der Waals surface area contributed by atoms with Crippen LogP contribution in [0.5, 0.6) is 11.6 Å². The molecule has 0 aliphatic carbocycles. The molecule has 0 unspecified atom stereocenters. The molecule has 8 nitrogen and oxygen atoms in total. The van der Waals surface area contributed by atoms with Crippen LogP contribution in [0.2, 0.25) is 0 Å². The monoisotopic (exact) mass is 521 g/mol. The molecular formula is C28H31N3O5S. The van der Waals surface area contributed by atoms with E-state index in [1.54, 1.807) is 49.4 Å². The second kappa shape index (κ2) is 10.5. The highest BCUT2D eigenvalue weighted by Gasteiger charge is 2.24. The van der Waals surface area contributed by atoms with Crippen LogP contribution in [0.3, 0.4) is 0 Å². The van der Waals surface area contributed by atoms with Crippen molar-refractivity contribution in [2.45, 2.75) is 39.3 Å². The van der Waals surface area contributed by atoms with Gasteiger partial charge in [0, 0.05) is 14.1 Å². The van der Waals surface area contributed by atoms with E-state index in [1.165, 1.54) is 12.1 Å². The molecule has 4 rings (SSSR count). The number of amides is 1. The zero-order valence-electron chi connectivity index (χ0n) is 20.9. The third-order valence-corrected chi connectivity index (χ3v) is 6.94. The average Bonchev–Trinajstić information content (AvgIpc) is 2.86. The lowest BCUT2D eigenvalue weighted by atomic mass is 10.1. The summed E-state index contributed by atoms with van der Waals surface area (Å²) in [5.41, 5.74) is 5.21. The van der Waals surface area contributed by atoms with Gasteiger partial charge in [-0.05, 0) is 68.7 Å². The highest BCUT2D eigenvalue weighted by molar-refractivity contribution is 7.90. The summed E-state index contributed by atoms with van der Waals surface area (Å²) >= 11 is 0. The zero-order valence-corrected chi connectivity index (χ0v) is 21.8. The lowest BCUT2D eigenvalue weighted by molar-refractivity contribution is 0.0978. The Labute approximate surface area is 219 Å². The van der Waals surface area contributed by atoms with Gasteiger partial charge in [0.05, 0.1) is 12.3 Å². The molecule has 2 aromatic heterocycles. The highest BCUT2D eigenvalue weighted by Crippen LogP contribution is 2.32. The number of sulfonamides is 1. The molecule has 0 spiro atoms. The third kappa shape index (κ3) is 5.84. The summed E-state index contributed by atoms with van der Waals surface area (Å²) in [6.07, 6.45) is 0. The fourth-order valence-corrected chi connectivity index (χ4v) is 4.93. The largest absolute Gasteiger partial charge is 0.438 e. The van der Waals surface area contributed by atoms with Gasteiger partial charge in [-0.2, -0.15) is 8.42 Å². The van der Waals surface area contributed by atoms with Crippen LogP contribution in [0.15, 0.2) is 71.8 Å². The molecule has 0 saturated carbocycles. The van der Waals surface area contributed by atoms with E-state index >= 15 is 0 Å². The Morgan fingerprint density at radius 2 is 1.62 bits per heavy atom. The van der Waals surface area contributed by atoms with E-state index in [1.807, 2.05) is 32.9 Å². The standard InChI is InChI=1S/C28H27N3O5S.2H2/c1-17-14-18(2)26(19(3)15-17)36-28-23(12-13-24(30-28)22-10-8-21(16-32)9-11-22)27(33)31-37(34,35)25-7-5-6-20(4)29-25;;/h5-15,32H,16H2,1-4H3,(H,31,33);2*1H. The van der Waals surface area contributed by atoms with Crippen LogP contribution < -0.4 is 9.46 Å². The first-order valence-electron chi connectivity index (χ1n) is 11.5. The number of carbonyl (C=O) groups excluding carboxylic acids is 1. The molecule has 1 amide bonds. The first-order valence-corrected chi connectivity index (χ1v) is 13.0. The van der Waals surface area contributed by atoms with Crippen LogP contribution in [-0.4, -0.2) is 29.4 Å². The number of hydrogen-bond acceptors (Lipinski definition) is 7. The van der Waals surface area contributed by atoms with Crippen LogP contribution in [-0.2, 0) is 16.6 Å². The Balaban J connectivity index is 0.00000267. The number of aliphatic hydroxyl groups is 1. The molecule has 2 aromatic carbocycles. The summed E-state index contributed by atoms with van der Waals surface area (Å²) in [7, 11) is -4.23. The Morgan fingerprint density at radius 1 is 0.946 bits per heavy atom. The maximum Gasteiger partial charge on any atom is 0.281 e. The SMILES string of the molecule is Cc1cc(C)c(Oc2nc(-c3ccc(CO)cc3)ccc2C(=O)NS(=O)(=O)c2cccc(C)n2)c(C)c1.[HH].[HH]. The van der Waals surface area contributed by atoms with Gasteiger partial charge in [-0.3, -0.25) is 4.79 Å². The van der Waals surface area contributed by atoms with Crippen molar-refractivity contribution in [2.24, 2.45) is 0 Å². The van der Waals surface area contributed by atoms with Gasteiger partial charge in [0.1, 0.15) is 11.3 Å². The first-order chi connectivity index (χ1) is 17.6. The van der Waals surface area contributed by atoms with Crippen molar-refractivity contribution >= 4 is 15.9 Å². The smallest absolute Gasteiger partial charge is 0.281 e. The van der Waals surface area contributed by atoms with Crippen molar-refractivity contribution in [1.29, 1.82) is 0 Å². The lowest BCUT2D eigenvalue weighted by Gasteiger charge is -2.16. The molecule has 0 saturated heterocycles. The number of carbonyl (C=O) groups is 1. The van der Waals surface area contributed by atoms with Gasteiger partial charge in [0.25, 0.3) is 15.9 Å².